The van der Waals surface area contributed by atoms with Gasteiger partial charge in [0, 0.05) is 70.1 Å². The van der Waals surface area contributed by atoms with Gasteiger partial charge in [-0.3, -0.25) is 9.69 Å². The Balaban J connectivity index is 1.32. The number of carbonyl (C=O) groups excluding carboxylic acids is 1. The number of imidazole rings is 1. The molecule has 0 bridgehead atoms. The molecule has 3 aliphatic rings. The first-order valence-electron chi connectivity index (χ1n) is 10.8. The first-order valence-corrected chi connectivity index (χ1v) is 11.9. The van der Waals surface area contributed by atoms with Crippen LogP contribution in [0.3, 0.4) is 0 Å². The van der Waals surface area contributed by atoms with Crippen molar-refractivity contribution < 1.29 is 13.9 Å². The first-order chi connectivity index (χ1) is 15.5. The smallest absolute Gasteiger partial charge is 0.252 e. The van der Waals surface area contributed by atoms with Crippen LogP contribution in [0, 0.1) is 12.7 Å². The lowest BCUT2D eigenvalue weighted by Crippen LogP contribution is -2.47. The third-order valence-corrected chi connectivity index (χ3v) is 7.64. The van der Waals surface area contributed by atoms with Gasteiger partial charge in [0.05, 0.1) is 23.8 Å². The van der Waals surface area contributed by atoms with Gasteiger partial charge in [-0.1, -0.05) is 14.7 Å². The maximum absolute atomic E-state index is 14.6. The number of aromatic nitrogens is 2. The van der Waals surface area contributed by atoms with Crippen molar-refractivity contribution in [3.05, 3.63) is 65.7 Å². The van der Waals surface area contributed by atoms with Gasteiger partial charge in [0.15, 0.2) is 11.5 Å². The van der Waals surface area contributed by atoms with E-state index in [-0.39, 0.29) is 17.5 Å². The monoisotopic (exact) mass is 455 g/mol. The average molecular weight is 455 g/mol. The molecule has 168 valence electrons. The summed E-state index contributed by atoms with van der Waals surface area (Å²) in [5.74, 6) is -0.466. The number of nitrogens with zero attached hydrogens (tertiary/aromatic N) is 5. The zero-order valence-corrected chi connectivity index (χ0v) is 19.3. The van der Waals surface area contributed by atoms with Crippen molar-refractivity contribution in [2.75, 3.05) is 46.4 Å². The van der Waals surface area contributed by atoms with Crippen molar-refractivity contribution in [1.29, 1.82) is 0 Å². The maximum atomic E-state index is 14.6. The summed E-state index contributed by atoms with van der Waals surface area (Å²) in [7, 11) is 2.08. The van der Waals surface area contributed by atoms with E-state index in [2.05, 4.69) is 26.9 Å². The van der Waals surface area contributed by atoms with Crippen molar-refractivity contribution in [3.63, 3.8) is 0 Å². The van der Waals surface area contributed by atoms with Gasteiger partial charge in [-0.05, 0) is 24.4 Å². The minimum Gasteiger partial charge on any atom is -0.383 e. The highest BCUT2D eigenvalue weighted by atomic mass is 31.1. The lowest BCUT2D eigenvalue weighted by molar-refractivity contribution is -0.123. The van der Waals surface area contributed by atoms with Crippen LogP contribution in [0.4, 0.5) is 4.39 Å². The summed E-state index contributed by atoms with van der Waals surface area (Å²) in [6.07, 6.45) is 11.5. The Labute approximate surface area is 188 Å². The van der Waals surface area contributed by atoms with Gasteiger partial charge in [0.1, 0.15) is 0 Å². The Morgan fingerprint density at radius 3 is 2.84 bits per heavy atom. The Morgan fingerprint density at radius 1 is 1.25 bits per heavy atom. The van der Waals surface area contributed by atoms with E-state index >= 15 is 0 Å². The fourth-order valence-electron chi connectivity index (χ4n) is 4.40. The molecule has 3 aliphatic heterocycles. The molecule has 5 rings (SSSR count). The number of ether oxygens (including phenoxy) is 1. The molecule has 2 unspecified atom stereocenters. The maximum Gasteiger partial charge on any atom is 0.252 e. The molecule has 2 aromatic heterocycles. The Kier molecular flexibility index (Phi) is 5.84. The standard InChI is InChI=1S/C23H27FN5O2P/c1-16-13-28-14-17(11-19(24)23(28)25-16)20-12-21(30)29-15-18(3-4-22(29)32-20)27-7-5-26(6-8-27)9-10-31-2/h3-4,11-15,22,32H,5-10H2,1-2H3. The van der Waals surface area contributed by atoms with E-state index in [1.165, 1.54) is 6.07 Å². The Hall–Kier alpha value is -2.54. The highest BCUT2D eigenvalue weighted by Gasteiger charge is 2.30. The number of hydrogen-bond donors (Lipinski definition) is 0. The molecule has 2 aromatic rings. The lowest BCUT2D eigenvalue weighted by atomic mass is 10.2. The van der Waals surface area contributed by atoms with Gasteiger partial charge in [0.25, 0.3) is 5.91 Å². The van der Waals surface area contributed by atoms with Crippen LogP contribution in [0.5, 0.6) is 0 Å². The number of pyridine rings is 1. The highest BCUT2D eigenvalue weighted by molar-refractivity contribution is 7.51. The summed E-state index contributed by atoms with van der Waals surface area (Å²) in [5.41, 5.74) is 2.88. The number of rotatable bonds is 5. The molecule has 1 saturated heterocycles. The van der Waals surface area contributed by atoms with Crippen LogP contribution in [0.15, 0.2) is 48.6 Å². The van der Waals surface area contributed by atoms with Crippen molar-refractivity contribution >= 4 is 25.4 Å². The number of amides is 1. The van der Waals surface area contributed by atoms with E-state index in [0.29, 0.717) is 14.2 Å². The summed E-state index contributed by atoms with van der Waals surface area (Å²) >= 11 is 0. The molecule has 0 aromatic carbocycles. The summed E-state index contributed by atoms with van der Waals surface area (Å²) < 4.78 is 21.4. The van der Waals surface area contributed by atoms with Gasteiger partial charge in [-0.15, -0.1) is 0 Å². The van der Waals surface area contributed by atoms with Crippen LogP contribution in [0.2, 0.25) is 0 Å². The largest absolute Gasteiger partial charge is 0.383 e. The minimum atomic E-state index is -0.373. The molecule has 2 atom stereocenters. The van der Waals surface area contributed by atoms with Crippen LogP contribution in [0.1, 0.15) is 11.3 Å². The van der Waals surface area contributed by atoms with E-state index in [1.807, 2.05) is 24.2 Å². The molecule has 1 fully saturated rings. The van der Waals surface area contributed by atoms with Crippen LogP contribution >= 0.6 is 8.58 Å². The fraction of sp³-hybridized carbons (Fsp3) is 0.391. The number of halogens is 1. The zero-order valence-electron chi connectivity index (χ0n) is 18.3. The number of piperazine rings is 1. The van der Waals surface area contributed by atoms with Crippen molar-refractivity contribution in [2.24, 2.45) is 0 Å². The second kappa shape index (κ2) is 8.77. The quantitative estimate of drug-likeness (QED) is 0.649. The minimum absolute atomic E-state index is 0.0301. The van der Waals surface area contributed by atoms with Gasteiger partial charge in [-0.2, -0.15) is 0 Å². The number of hydrogen-bond acceptors (Lipinski definition) is 5. The molecular formula is C23H27FN5O2P. The predicted molar refractivity (Wildman–Crippen MR) is 124 cm³/mol. The Bertz CT molecular complexity index is 1130. The molecular weight excluding hydrogens is 428 g/mol. The number of carbonyl (C=O) groups is 1. The lowest BCUT2D eigenvalue weighted by Gasteiger charge is -2.40. The Morgan fingerprint density at radius 2 is 2.06 bits per heavy atom. The molecule has 0 N–H and O–H groups in total. The molecule has 7 nitrogen and oxygen atoms in total. The van der Waals surface area contributed by atoms with Crippen LogP contribution < -0.4 is 0 Å². The van der Waals surface area contributed by atoms with E-state index in [0.717, 1.165) is 61.6 Å². The van der Waals surface area contributed by atoms with Crippen molar-refractivity contribution in [2.45, 2.75) is 12.7 Å². The number of aryl methyl sites for hydroxylation is 1. The second-order valence-corrected chi connectivity index (χ2v) is 9.74. The third kappa shape index (κ3) is 4.10. The summed E-state index contributed by atoms with van der Waals surface area (Å²) in [6.45, 7) is 7.37. The normalized spacial score (nSPS) is 22.5. The van der Waals surface area contributed by atoms with Gasteiger partial charge in [-0.25, -0.2) is 9.37 Å². The van der Waals surface area contributed by atoms with Gasteiger partial charge in [0.2, 0.25) is 0 Å². The average Bonchev–Trinajstić information content (AvgIpc) is 3.18. The van der Waals surface area contributed by atoms with Crippen LogP contribution in [-0.4, -0.2) is 82.2 Å². The molecule has 9 heteroatoms. The van der Waals surface area contributed by atoms with E-state index in [1.54, 1.807) is 23.8 Å². The van der Waals surface area contributed by atoms with Crippen LogP contribution in [-0.2, 0) is 9.53 Å². The number of methoxy groups -OCH3 is 1. The van der Waals surface area contributed by atoms with E-state index in [4.69, 9.17) is 4.74 Å². The van der Waals surface area contributed by atoms with Crippen molar-refractivity contribution in [3.8, 4) is 0 Å². The fourth-order valence-corrected chi connectivity index (χ4v) is 5.76. The topological polar surface area (TPSA) is 53.3 Å². The molecule has 0 saturated carbocycles. The summed E-state index contributed by atoms with van der Waals surface area (Å²) in [5, 5.41) is 0.872. The molecule has 5 heterocycles. The molecule has 1 amide bonds. The van der Waals surface area contributed by atoms with Gasteiger partial charge < -0.3 is 18.9 Å². The summed E-state index contributed by atoms with van der Waals surface area (Å²) in [4.78, 5) is 23.7. The second-order valence-electron chi connectivity index (χ2n) is 8.32. The highest BCUT2D eigenvalue weighted by Crippen LogP contribution is 2.44. The first kappa shape index (κ1) is 21.3. The zero-order chi connectivity index (χ0) is 22.2. The van der Waals surface area contributed by atoms with E-state index in [9.17, 15) is 9.18 Å². The SMILES string of the molecule is COCCN1CCN(C2=CN3C(=O)C=C(c4cc(F)c5nc(C)cn5c4)PC3C=C2)CC1. The summed E-state index contributed by atoms with van der Waals surface area (Å²) in [6, 6.07) is 1.49. The van der Waals surface area contributed by atoms with E-state index < -0.39 is 0 Å². The number of allylic oxidation sites excluding steroid dienone is 1. The van der Waals surface area contributed by atoms with Crippen molar-refractivity contribution in [1.82, 2.24) is 24.1 Å². The molecule has 0 aliphatic carbocycles. The van der Waals surface area contributed by atoms with Gasteiger partial charge >= 0.3 is 0 Å². The third-order valence-electron chi connectivity index (χ3n) is 6.13. The van der Waals surface area contributed by atoms with Crippen LogP contribution in [0.25, 0.3) is 11.0 Å². The number of fused-ring (bicyclic) bond motifs is 2. The molecule has 32 heavy (non-hydrogen) atoms. The molecule has 0 spiro atoms. The predicted octanol–water partition coefficient (Wildman–Crippen LogP) is 2.64. The molecule has 0 radical (unpaired) electrons.